The number of hydrogen-bond acceptors (Lipinski definition) is 9. The van der Waals surface area contributed by atoms with Crippen LogP contribution in [0.4, 0.5) is 4.79 Å². The average Bonchev–Trinajstić information content (AvgIpc) is 3.09. The maximum absolute atomic E-state index is 13.0. The summed E-state index contributed by atoms with van der Waals surface area (Å²) >= 11 is 0. The Morgan fingerprint density at radius 2 is 1.81 bits per heavy atom. The average molecular weight is 569 g/mol. The summed E-state index contributed by atoms with van der Waals surface area (Å²) in [5.74, 6) is -1.89. The lowest BCUT2D eigenvalue weighted by molar-refractivity contribution is -0.127. The van der Waals surface area contributed by atoms with E-state index in [1.807, 2.05) is 0 Å². The molecule has 4 atom stereocenters. The minimum absolute atomic E-state index is 0.0643. The SMILES string of the molecule is CC(C)C[C@H](NC(=O)OC1CC2(C1)CN(S(C)(=O)=O)C2)C(=O)N[C@@H](C[C@@H]1CCNC1=O)[C@@H](O)S(=O)(=O)O. The zero-order valence-corrected chi connectivity index (χ0v) is 22.7. The van der Waals surface area contributed by atoms with E-state index in [-0.39, 0.29) is 30.1 Å². The van der Waals surface area contributed by atoms with Crippen molar-refractivity contribution in [1.82, 2.24) is 20.3 Å². The van der Waals surface area contributed by atoms with Crippen LogP contribution in [0.15, 0.2) is 0 Å². The number of nitrogens with one attached hydrogen (secondary N) is 3. The van der Waals surface area contributed by atoms with Crippen LogP contribution in [0.2, 0.25) is 0 Å². The van der Waals surface area contributed by atoms with Gasteiger partial charge in [-0.25, -0.2) is 17.5 Å². The third kappa shape index (κ3) is 7.52. The number of ether oxygens (including phenoxy) is 1. The number of amides is 3. The van der Waals surface area contributed by atoms with E-state index in [1.54, 1.807) is 13.8 Å². The molecule has 5 N–H and O–H groups in total. The molecule has 0 radical (unpaired) electrons. The monoisotopic (exact) mass is 568 g/mol. The Hall–Kier alpha value is -2.01. The molecule has 0 bridgehead atoms. The molecule has 3 aliphatic rings. The number of nitrogens with zero attached hydrogens (tertiary/aromatic N) is 1. The van der Waals surface area contributed by atoms with Gasteiger partial charge in [-0.3, -0.25) is 14.1 Å². The molecule has 212 valence electrons. The maximum Gasteiger partial charge on any atom is 0.408 e. The Morgan fingerprint density at radius 3 is 2.30 bits per heavy atom. The molecule has 0 aromatic carbocycles. The highest BCUT2D eigenvalue weighted by atomic mass is 32.2. The van der Waals surface area contributed by atoms with Crippen LogP contribution >= 0.6 is 0 Å². The summed E-state index contributed by atoms with van der Waals surface area (Å²) < 4.78 is 62.4. The van der Waals surface area contributed by atoms with E-state index < -0.39 is 61.7 Å². The molecule has 16 heteroatoms. The minimum atomic E-state index is -4.96. The van der Waals surface area contributed by atoms with Crippen molar-refractivity contribution < 1.29 is 45.6 Å². The second-order valence-corrected chi connectivity index (χ2v) is 14.3. The first-order valence-electron chi connectivity index (χ1n) is 12.1. The highest BCUT2D eigenvalue weighted by Gasteiger charge is 2.56. The van der Waals surface area contributed by atoms with Gasteiger partial charge in [-0.15, -0.1) is 0 Å². The molecule has 3 fully saturated rings. The van der Waals surface area contributed by atoms with Gasteiger partial charge in [-0.1, -0.05) is 13.8 Å². The fourth-order valence-electron chi connectivity index (χ4n) is 5.13. The third-order valence-electron chi connectivity index (χ3n) is 7.08. The molecule has 2 aliphatic heterocycles. The Bertz CT molecular complexity index is 1100. The zero-order chi connectivity index (χ0) is 27.8. The summed E-state index contributed by atoms with van der Waals surface area (Å²) in [7, 11) is -8.21. The van der Waals surface area contributed by atoms with Crippen LogP contribution in [0.25, 0.3) is 0 Å². The van der Waals surface area contributed by atoms with Crippen LogP contribution in [0.3, 0.4) is 0 Å². The molecular formula is C21H36N4O10S2. The van der Waals surface area contributed by atoms with E-state index in [0.717, 1.165) is 6.26 Å². The summed E-state index contributed by atoms with van der Waals surface area (Å²) in [5, 5.41) is 17.6. The van der Waals surface area contributed by atoms with Crippen molar-refractivity contribution in [3.05, 3.63) is 0 Å². The molecule has 2 saturated heterocycles. The predicted molar refractivity (Wildman–Crippen MR) is 130 cm³/mol. The first-order valence-corrected chi connectivity index (χ1v) is 15.5. The van der Waals surface area contributed by atoms with Crippen molar-refractivity contribution in [3.63, 3.8) is 0 Å². The van der Waals surface area contributed by atoms with E-state index in [9.17, 15) is 40.9 Å². The Labute approximate surface area is 216 Å². The van der Waals surface area contributed by atoms with Gasteiger partial charge in [-0.2, -0.15) is 8.42 Å². The van der Waals surface area contributed by atoms with Gasteiger partial charge in [0.15, 0.2) is 0 Å². The van der Waals surface area contributed by atoms with E-state index >= 15 is 0 Å². The van der Waals surface area contributed by atoms with Gasteiger partial charge in [0.05, 0.1) is 12.3 Å². The zero-order valence-electron chi connectivity index (χ0n) is 21.0. The summed E-state index contributed by atoms with van der Waals surface area (Å²) in [4.78, 5) is 37.5. The van der Waals surface area contributed by atoms with Gasteiger partial charge >= 0.3 is 6.09 Å². The second kappa shape index (κ2) is 11.0. The number of carbonyl (C=O) groups is 3. The van der Waals surface area contributed by atoms with Gasteiger partial charge in [0, 0.05) is 31.0 Å². The Balaban J connectivity index is 1.58. The number of carbonyl (C=O) groups excluding carboxylic acids is 3. The number of hydrogen-bond donors (Lipinski definition) is 5. The number of sulfonamides is 1. The normalized spacial score (nSPS) is 24.5. The van der Waals surface area contributed by atoms with Crippen molar-refractivity contribution in [1.29, 1.82) is 0 Å². The second-order valence-electron chi connectivity index (χ2n) is 10.8. The summed E-state index contributed by atoms with van der Waals surface area (Å²) in [6.07, 6.45) is 1.15. The maximum atomic E-state index is 13.0. The van der Waals surface area contributed by atoms with Crippen molar-refractivity contribution in [2.45, 2.75) is 69.6 Å². The molecule has 0 aromatic heterocycles. The van der Waals surface area contributed by atoms with Crippen molar-refractivity contribution >= 4 is 38.0 Å². The highest BCUT2D eigenvalue weighted by Crippen LogP contribution is 2.50. The molecule has 1 spiro atoms. The topological polar surface area (TPSA) is 209 Å². The van der Waals surface area contributed by atoms with Crippen LogP contribution < -0.4 is 16.0 Å². The number of rotatable bonds is 11. The summed E-state index contributed by atoms with van der Waals surface area (Å²) in [6, 6.07) is -2.63. The fraction of sp³-hybridized carbons (Fsp3) is 0.857. The molecule has 0 unspecified atom stereocenters. The van der Waals surface area contributed by atoms with E-state index in [1.165, 1.54) is 4.31 Å². The lowest BCUT2D eigenvalue weighted by Crippen LogP contribution is -2.65. The van der Waals surface area contributed by atoms with Crippen LogP contribution in [0.5, 0.6) is 0 Å². The predicted octanol–water partition coefficient (Wildman–Crippen LogP) is -1.23. The fourth-order valence-corrected chi connectivity index (χ4v) is 6.74. The molecule has 3 amide bonds. The van der Waals surface area contributed by atoms with E-state index in [4.69, 9.17) is 4.74 Å². The lowest BCUT2D eigenvalue weighted by atomic mass is 9.63. The summed E-state index contributed by atoms with van der Waals surface area (Å²) in [5.41, 5.74) is -2.56. The Kier molecular flexibility index (Phi) is 8.78. The first-order chi connectivity index (χ1) is 17.0. The van der Waals surface area contributed by atoms with Gasteiger partial charge in [0.2, 0.25) is 27.3 Å². The molecule has 14 nitrogen and oxygen atoms in total. The van der Waals surface area contributed by atoms with Gasteiger partial charge < -0.3 is 25.8 Å². The molecule has 0 aromatic rings. The van der Waals surface area contributed by atoms with Crippen molar-refractivity contribution in [3.8, 4) is 0 Å². The van der Waals surface area contributed by atoms with Crippen LogP contribution in [-0.4, -0.2) is 98.2 Å². The smallest absolute Gasteiger partial charge is 0.408 e. The molecule has 1 aliphatic carbocycles. The van der Waals surface area contributed by atoms with Gasteiger partial charge in [0.1, 0.15) is 12.1 Å². The van der Waals surface area contributed by atoms with Gasteiger partial charge in [0.25, 0.3) is 10.1 Å². The molecule has 3 rings (SSSR count). The molecule has 37 heavy (non-hydrogen) atoms. The minimum Gasteiger partial charge on any atom is -0.446 e. The standard InChI is InChI=1S/C21H36N4O10S2/c1-12(2)6-15(24-20(29)35-14-8-21(9-14)10-25(11-21)36(3,30)31)18(27)23-16(19(28)37(32,33)34)7-13-4-5-22-17(13)26/h12-16,19,28H,4-11H2,1-3H3,(H,22,26)(H,23,27)(H,24,29)(H,32,33,34)/t13-,15-,16-,19-/m0/s1. The largest absolute Gasteiger partial charge is 0.446 e. The van der Waals surface area contributed by atoms with Crippen LogP contribution in [0.1, 0.15) is 46.0 Å². The number of alkyl carbamates (subject to hydrolysis) is 1. The third-order valence-corrected chi connectivity index (χ3v) is 9.22. The summed E-state index contributed by atoms with van der Waals surface area (Å²) in [6.45, 7) is 4.73. The first kappa shape index (κ1) is 29.5. The quantitative estimate of drug-likeness (QED) is 0.187. The van der Waals surface area contributed by atoms with Crippen molar-refractivity contribution in [2.24, 2.45) is 17.3 Å². The number of aliphatic hydroxyl groups excluding tert-OH is 1. The van der Waals surface area contributed by atoms with E-state index in [2.05, 4.69) is 16.0 Å². The van der Waals surface area contributed by atoms with Gasteiger partial charge in [-0.05, 0) is 38.0 Å². The lowest BCUT2D eigenvalue weighted by Gasteiger charge is -2.57. The van der Waals surface area contributed by atoms with Crippen molar-refractivity contribution in [2.75, 3.05) is 25.9 Å². The molecule has 2 heterocycles. The molecular weight excluding hydrogens is 532 g/mol. The highest BCUT2D eigenvalue weighted by molar-refractivity contribution is 7.88. The van der Waals surface area contributed by atoms with E-state index in [0.29, 0.717) is 38.9 Å². The molecule has 1 saturated carbocycles. The number of aliphatic hydroxyl groups is 1. The van der Waals surface area contributed by atoms with Crippen LogP contribution in [-0.2, 0) is 34.5 Å². The Morgan fingerprint density at radius 1 is 1.19 bits per heavy atom. The van der Waals surface area contributed by atoms with Crippen LogP contribution in [0, 0.1) is 17.3 Å².